The highest BCUT2D eigenvalue weighted by molar-refractivity contribution is 7.99. The minimum atomic E-state index is -0.439. The van der Waals surface area contributed by atoms with Crippen molar-refractivity contribution < 1.29 is 14.0 Å². The first kappa shape index (κ1) is 19.1. The molecule has 27 heavy (non-hydrogen) atoms. The van der Waals surface area contributed by atoms with Gasteiger partial charge in [-0.15, -0.1) is 0 Å². The monoisotopic (exact) mass is 389 g/mol. The number of carbonyl (C=O) groups excluding carboxylic acids is 2. The summed E-state index contributed by atoms with van der Waals surface area (Å²) >= 11 is 1.81. The van der Waals surface area contributed by atoms with Gasteiger partial charge in [-0.05, 0) is 36.4 Å². The number of nitrogens with zero attached hydrogens (tertiary/aromatic N) is 3. The number of carbonyl (C=O) groups is 2. The molecule has 1 aliphatic heterocycles. The fraction of sp³-hybridized carbons (Fsp3) is 0.278. The van der Waals surface area contributed by atoms with E-state index >= 15 is 0 Å². The molecule has 9 heteroatoms. The predicted octanol–water partition coefficient (Wildman–Crippen LogP) is 2.00. The van der Waals surface area contributed by atoms with E-state index in [4.69, 9.17) is 5.84 Å². The van der Waals surface area contributed by atoms with Crippen LogP contribution in [-0.4, -0.2) is 46.4 Å². The zero-order valence-electron chi connectivity index (χ0n) is 14.6. The minimum Gasteiger partial charge on any atom is -0.323 e. The van der Waals surface area contributed by atoms with E-state index in [1.165, 1.54) is 18.3 Å². The Morgan fingerprint density at radius 1 is 1.19 bits per heavy atom. The number of aromatic nitrogens is 1. The summed E-state index contributed by atoms with van der Waals surface area (Å²) in [5.74, 6) is 6.10. The van der Waals surface area contributed by atoms with E-state index in [-0.39, 0.29) is 18.4 Å². The molecule has 0 radical (unpaired) electrons. The van der Waals surface area contributed by atoms with Crippen molar-refractivity contribution >= 4 is 29.4 Å². The molecule has 2 heterocycles. The van der Waals surface area contributed by atoms with E-state index in [0.29, 0.717) is 30.0 Å². The molecular weight excluding hydrogens is 369 g/mol. The van der Waals surface area contributed by atoms with Crippen LogP contribution in [0.2, 0.25) is 0 Å². The summed E-state index contributed by atoms with van der Waals surface area (Å²) in [5.41, 5.74) is 3.57. The van der Waals surface area contributed by atoms with Gasteiger partial charge in [-0.2, -0.15) is 11.8 Å². The number of thioether (sulfide) groups is 1. The summed E-state index contributed by atoms with van der Waals surface area (Å²) in [5, 5.41) is 0. The van der Waals surface area contributed by atoms with Gasteiger partial charge in [-0.1, -0.05) is 0 Å². The quantitative estimate of drug-likeness (QED) is 0.474. The molecule has 1 saturated heterocycles. The molecule has 0 atom stereocenters. The number of hydrazine groups is 1. The lowest BCUT2D eigenvalue weighted by Crippen LogP contribution is -2.46. The summed E-state index contributed by atoms with van der Waals surface area (Å²) < 4.78 is 13.3. The smallest absolute Gasteiger partial charge is 0.323 e. The van der Waals surface area contributed by atoms with Gasteiger partial charge >= 0.3 is 6.03 Å². The molecule has 3 amide bonds. The number of halogens is 1. The van der Waals surface area contributed by atoms with Gasteiger partial charge in [0.1, 0.15) is 5.82 Å². The maximum absolute atomic E-state index is 13.3. The summed E-state index contributed by atoms with van der Waals surface area (Å²) in [6.07, 6.45) is 1.41. The summed E-state index contributed by atoms with van der Waals surface area (Å²) in [6.45, 7) is 1.55. The van der Waals surface area contributed by atoms with Gasteiger partial charge in [0.25, 0.3) is 5.91 Å². The topological polar surface area (TPSA) is 91.6 Å². The normalized spacial score (nSPS) is 13.9. The molecule has 3 rings (SSSR count). The van der Waals surface area contributed by atoms with Crippen molar-refractivity contribution in [2.24, 2.45) is 5.84 Å². The van der Waals surface area contributed by atoms with E-state index in [1.54, 1.807) is 34.1 Å². The van der Waals surface area contributed by atoms with Crippen LogP contribution >= 0.6 is 11.8 Å². The second kappa shape index (κ2) is 8.83. The number of hydrogen-bond acceptors (Lipinski definition) is 5. The molecule has 1 aromatic heterocycles. The van der Waals surface area contributed by atoms with Crippen molar-refractivity contribution in [1.82, 2.24) is 15.3 Å². The molecule has 142 valence electrons. The molecule has 0 bridgehead atoms. The number of pyridine rings is 1. The highest BCUT2D eigenvalue weighted by Gasteiger charge is 2.24. The zero-order valence-corrected chi connectivity index (χ0v) is 15.4. The van der Waals surface area contributed by atoms with Crippen LogP contribution in [0.15, 0.2) is 42.6 Å². The van der Waals surface area contributed by atoms with E-state index < -0.39 is 5.91 Å². The highest BCUT2D eigenvalue weighted by Crippen LogP contribution is 2.21. The maximum atomic E-state index is 13.3. The van der Waals surface area contributed by atoms with E-state index in [2.05, 4.69) is 4.98 Å². The van der Waals surface area contributed by atoms with Crippen LogP contribution in [0, 0.1) is 5.82 Å². The first-order valence-corrected chi connectivity index (χ1v) is 9.59. The lowest BCUT2D eigenvalue weighted by Gasteiger charge is -2.32. The summed E-state index contributed by atoms with van der Waals surface area (Å²) in [4.78, 5) is 32.2. The van der Waals surface area contributed by atoms with Gasteiger partial charge in [-0.25, -0.2) is 15.0 Å². The number of benzene rings is 1. The third kappa shape index (κ3) is 4.75. The Hall–Kier alpha value is -2.65. The third-order valence-electron chi connectivity index (χ3n) is 4.19. The first-order valence-electron chi connectivity index (χ1n) is 8.44. The zero-order chi connectivity index (χ0) is 19.2. The van der Waals surface area contributed by atoms with Gasteiger partial charge in [0.15, 0.2) is 0 Å². The lowest BCUT2D eigenvalue weighted by atomic mass is 10.2. The van der Waals surface area contributed by atoms with Crippen molar-refractivity contribution in [2.75, 3.05) is 29.5 Å². The molecule has 1 aromatic carbocycles. The molecule has 1 aliphatic rings. The van der Waals surface area contributed by atoms with Crippen LogP contribution in [0.25, 0.3) is 0 Å². The molecule has 7 nitrogen and oxygen atoms in total. The average molecular weight is 389 g/mol. The first-order chi connectivity index (χ1) is 13.1. The Labute approximate surface area is 160 Å². The molecule has 0 spiro atoms. The highest BCUT2D eigenvalue weighted by atomic mass is 32.2. The van der Waals surface area contributed by atoms with E-state index in [9.17, 15) is 14.0 Å². The summed E-state index contributed by atoms with van der Waals surface area (Å²) in [6, 6.07) is 8.90. The number of urea groups is 1. The summed E-state index contributed by atoms with van der Waals surface area (Å²) in [7, 11) is 0. The molecule has 2 aromatic rings. The Morgan fingerprint density at radius 2 is 1.89 bits per heavy atom. The van der Waals surface area contributed by atoms with Crippen LogP contribution in [0.4, 0.5) is 14.9 Å². The minimum absolute atomic E-state index is 0.146. The Morgan fingerprint density at radius 3 is 2.48 bits per heavy atom. The predicted molar refractivity (Wildman–Crippen MR) is 103 cm³/mol. The van der Waals surface area contributed by atoms with Crippen molar-refractivity contribution in [3.05, 3.63) is 59.7 Å². The van der Waals surface area contributed by atoms with Gasteiger partial charge < -0.3 is 4.90 Å². The molecular formula is C18H20FN5O2S. The van der Waals surface area contributed by atoms with Crippen molar-refractivity contribution in [3.63, 3.8) is 0 Å². The van der Waals surface area contributed by atoms with Gasteiger partial charge in [-0.3, -0.25) is 20.1 Å². The number of nitrogens with one attached hydrogen (secondary N) is 1. The largest absolute Gasteiger partial charge is 0.324 e. The average Bonchev–Trinajstić information content (AvgIpc) is 2.73. The number of amides is 3. The fourth-order valence-corrected chi connectivity index (χ4v) is 3.62. The maximum Gasteiger partial charge on any atom is 0.324 e. The fourth-order valence-electron chi connectivity index (χ4n) is 2.71. The third-order valence-corrected chi connectivity index (χ3v) is 5.13. The molecule has 1 fully saturated rings. The van der Waals surface area contributed by atoms with E-state index in [0.717, 1.165) is 11.5 Å². The van der Waals surface area contributed by atoms with Crippen LogP contribution in [-0.2, 0) is 6.54 Å². The second-order valence-corrected chi connectivity index (χ2v) is 7.18. The van der Waals surface area contributed by atoms with Crippen LogP contribution in [0.3, 0.4) is 0 Å². The Balaban J connectivity index is 1.83. The number of nitrogen functional groups attached to an aromatic ring is 1. The van der Waals surface area contributed by atoms with Gasteiger partial charge in [0.2, 0.25) is 0 Å². The standard InChI is InChI=1S/C18H20FN5O2S/c19-14-2-5-16(6-3-14)24(18(26)23-7-9-27-10-8-23)12-15-4-1-13(11-21-15)17(25)22-20/h1-6,11H,7-10,12,20H2,(H,22,25). The van der Waals surface area contributed by atoms with E-state index in [1.807, 2.05) is 17.2 Å². The number of nitrogens with two attached hydrogens (primary N) is 1. The molecule has 0 aliphatic carbocycles. The Bertz CT molecular complexity index is 794. The molecule has 0 saturated carbocycles. The van der Waals surface area contributed by atoms with Crippen LogP contribution in [0.5, 0.6) is 0 Å². The van der Waals surface area contributed by atoms with Crippen molar-refractivity contribution in [2.45, 2.75) is 6.54 Å². The number of anilines is 1. The number of hydrogen-bond donors (Lipinski definition) is 2. The van der Waals surface area contributed by atoms with Gasteiger partial charge in [0.05, 0.1) is 17.8 Å². The SMILES string of the molecule is NNC(=O)c1ccc(CN(C(=O)N2CCSCC2)c2ccc(F)cc2)nc1. The molecule has 0 unspecified atom stereocenters. The van der Waals surface area contributed by atoms with Crippen LogP contribution < -0.4 is 16.2 Å². The number of rotatable bonds is 4. The van der Waals surface area contributed by atoms with Crippen molar-refractivity contribution in [1.29, 1.82) is 0 Å². The van der Waals surface area contributed by atoms with Gasteiger partial charge in [0, 0.05) is 36.5 Å². The second-order valence-electron chi connectivity index (χ2n) is 5.96. The molecule has 3 N–H and O–H groups in total. The van der Waals surface area contributed by atoms with Crippen LogP contribution in [0.1, 0.15) is 16.1 Å². The Kier molecular flexibility index (Phi) is 6.25. The lowest BCUT2D eigenvalue weighted by molar-refractivity contribution is 0.0953. The van der Waals surface area contributed by atoms with Crippen molar-refractivity contribution in [3.8, 4) is 0 Å².